The third-order valence-corrected chi connectivity index (χ3v) is 2.75. The number of carbonyl (C=O) groups excluding carboxylic acids is 1. The standard InChI is InChI=1S/C11H12F2N2O/c1-11(2-3-11)15-10(16)6-4-8(13)9(14)5-7(6)12/h4-5H,2-3,14H2,1H3,(H,15,16). The highest BCUT2D eigenvalue weighted by molar-refractivity contribution is 5.95. The number of nitrogens with one attached hydrogen (secondary N) is 1. The van der Waals surface area contributed by atoms with Gasteiger partial charge in [-0.2, -0.15) is 0 Å². The summed E-state index contributed by atoms with van der Waals surface area (Å²) in [5.74, 6) is -2.19. The van der Waals surface area contributed by atoms with E-state index in [9.17, 15) is 13.6 Å². The first kappa shape index (κ1) is 10.9. The minimum Gasteiger partial charge on any atom is -0.396 e. The van der Waals surface area contributed by atoms with E-state index in [4.69, 9.17) is 5.73 Å². The predicted molar refractivity (Wildman–Crippen MR) is 55.9 cm³/mol. The second-order valence-electron chi connectivity index (χ2n) is 4.37. The molecule has 0 atom stereocenters. The van der Waals surface area contributed by atoms with Gasteiger partial charge in [-0.1, -0.05) is 0 Å². The van der Waals surface area contributed by atoms with Gasteiger partial charge in [0.2, 0.25) is 0 Å². The van der Waals surface area contributed by atoms with Gasteiger partial charge in [-0.05, 0) is 25.8 Å². The highest BCUT2D eigenvalue weighted by atomic mass is 19.1. The Morgan fingerprint density at radius 1 is 1.38 bits per heavy atom. The first-order valence-electron chi connectivity index (χ1n) is 4.98. The zero-order valence-electron chi connectivity index (χ0n) is 8.81. The summed E-state index contributed by atoms with van der Waals surface area (Å²) >= 11 is 0. The number of hydrogen-bond donors (Lipinski definition) is 2. The van der Waals surface area contributed by atoms with E-state index in [0.717, 1.165) is 25.0 Å². The lowest BCUT2D eigenvalue weighted by Gasteiger charge is -2.12. The van der Waals surface area contributed by atoms with Gasteiger partial charge >= 0.3 is 0 Å². The van der Waals surface area contributed by atoms with Gasteiger partial charge in [0, 0.05) is 11.6 Å². The molecular weight excluding hydrogens is 214 g/mol. The molecule has 3 N–H and O–H groups in total. The van der Waals surface area contributed by atoms with Crippen LogP contribution in [-0.2, 0) is 0 Å². The van der Waals surface area contributed by atoms with Crippen LogP contribution >= 0.6 is 0 Å². The van der Waals surface area contributed by atoms with Crippen molar-refractivity contribution in [2.45, 2.75) is 25.3 Å². The van der Waals surface area contributed by atoms with Crippen molar-refractivity contribution in [2.24, 2.45) is 0 Å². The van der Waals surface area contributed by atoms with Crippen LogP contribution in [0.15, 0.2) is 12.1 Å². The number of nitrogens with two attached hydrogens (primary N) is 1. The van der Waals surface area contributed by atoms with Gasteiger partial charge in [-0.15, -0.1) is 0 Å². The van der Waals surface area contributed by atoms with E-state index in [2.05, 4.69) is 5.32 Å². The van der Waals surface area contributed by atoms with E-state index < -0.39 is 17.5 Å². The number of hydrogen-bond acceptors (Lipinski definition) is 2. The van der Waals surface area contributed by atoms with Crippen LogP contribution in [0.1, 0.15) is 30.1 Å². The molecule has 2 rings (SSSR count). The topological polar surface area (TPSA) is 55.1 Å². The zero-order valence-corrected chi connectivity index (χ0v) is 8.81. The Kier molecular flexibility index (Phi) is 2.33. The zero-order chi connectivity index (χ0) is 11.9. The van der Waals surface area contributed by atoms with Gasteiger partial charge < -0.3 is 11.1 Å². The maximum absolute atomic E-state index is 13.4. The van der Waals surface area contributed by atoms with Crippen LogP contribution in [0.25, 0.3) is 0 Å². The quantitative estimate of drug-likeness (QED) is 0.756. The summed E-state index contributed by atoms with van der Waals surface area (Å²) in [5, 5.41) is 2.65. The van der Waals surface area contributed by atoms with Crippen molar-refractivity contribution in [3.63, 3.8) is 0 Å². The first-order valence-corrected chi connectivity index (χ1v) is 4.98. The van der Waals surface area contributed by atoms with Crippen molar-refractivity contribution in [1.82, 2.24) is 5.32 Å². The third kappa shape index (κ3) is 1.98. The maximum atomic E-state index is 13.4. The normalized spacial score (nSPS) is 16.9. The Morgan fingerprint density at radius 2 is 2.00 bits per heavy atom. The lowest BCUT2D eigenvalue weighted by atomic mass is 10.1. The molecule has 0 unspecified atom stereocenters. The van der Waals surface area contributed by atoms with E-state index >= 15 is 0 Å². The fraction of sp³-hybridized carbons (Fsp3) is 0.364. The van der Waals surface area contributed by atoms with Crippen LogP contribution in [0.5, 0.6) is 0 Å². The Hall–Kier alpha value is -1.65. The van der Waals surface area contributed by atoms with Gasteiger partial charge in [0.15, 0.2) is 0 Å². The average Bonchev–Trinajstić information content (AvgIpc) is 2.89. The van der Waals surface area contributed by atoms with E-state index in [0.29, 0.717) is 0 Å². The number of halogens is 2. The number of amides is 1. The number of anilines is 1. The number of nitrogen functional groups attached to an aromatic ring is 1. The van der Waals surface area contributed by atoms with Gasteiger partial charge in [-0.3, -0.25) is 4.79 Å². The van der Waals surface area contributed by atoms with Crippen molar-refractivity contribution in [1.29, 1.82) is 0 Å². The molecule has 1 amide bonds. The molecule has 1 aromatic carbocycles. The Balaban J connectivity index is 2.26. The molecule has 16 heavy (non-hydrogen) atoms. The van der Waals surface area contributed by atoms with Gasteiger partial charge in [0.05, 0.1) is 11.3 Å². The summed E-state index contributed by atoms with van der Waals surface area (Å²) in [4.78, 5) is 11.6. The van der Waals surface area contributed by atoms with Crippen molar-refractivity contribution in [2.75, 3.05) is 5.73 Å². The molecule has 0 aromatic heterocycles. The Bertz CT molecular complexity index is 456. The molecular formula is C11H12F2N2O. The van der Waals surface area contributed by atoms with E-state index in [-0.39, 0.29) is 16.8 Å². The molecule has 0 radical (unpaired) electrons. The smallest absolute Gasteiger partial charge is 0.254 e. The molecule has 1 aliphatic carbocycles. The summed E-state index contributed by atoms with van der Waals surface area (Å²) in [6.45, 7) is 1.86. The number of carbonyl (C=O) groups is 1. The van der Waals surface area contributed by atoms with E-state index in [1.807, 2.05) is 6.92 Å². The second kappa shape index (κ2) is 3.43. The van der Waals surface area contributed by atoms with Crippen LogP contribution in [0, 0.1) is 11.6 Å². The fourth-order valence-electron chi connectivity index (χ4n) is 1.39. The lowest BCUT2D eigenvalue weighted by Crippen LogP contribution is -2.34. The van der Waals surface area contributed by atoms with Crippen LogP contribution in [0.3, 0.4) is 0 Å². The van der Waals surface area contributed by atoms with Crippen LogP contribution in [-0.4, -0.2) is 11.4 Å². The number of rotatable bonds is 2. The van der Waals surface area contributed by atoms with Gasteiger partial charge in [0.1, 0.15) is 11.6 Å². The summed E-state index contributed by atoms with van der Waals surface area (Å²) in [5.41, 5.74) is 4.31. The Morgan fingerprint density at radius 3 is 2.56 bits per heavy atom. The average molecular weight is 226 g/mol. The van der Waals surface area contributed by atoms with E-state index in [1.54, 1.807) is 0 Å². The summed E-state index contributed by atoms with van der Waals surface area (Å²) in [7, 11) is 0. The van der Waals surface area contributed by atoms with Crippen LogP contribution in [0.2, 0.25) is 0 Å². The highest BCUT2D eigenvalue weighted by Crippen LogP contribution is 2.34. The van der Waals surface area contributed by atoms with Crippen molar-refractivity contribution >= 4 is 11.6 Å². The second-order valence-corrected chi connectivity index (χ2v) is 4.37. The minimum absolute atomic E-state index is 0.263. The van der Waals surface area contributed by atoms with Gasteiger partial charge in [0.25, 0.3) is 5.91 Å². The molecule has 1 aromatic rings. The Labute approximate surface area is 91.6 Å². The molecule has 1 aliphatic rings. The molecule has 3 nitrogen and oxygen atoms in total. The maximum Gasteiger partial charge on any atom is 0.254 e. The molecule has 1 saturated carbocycles. The van der Waals surface area contributed by atoms with E-state index in [1.165, 1.54) is 0 Å². The molecule has 0 heterocycles. The monoisotopic (exact) mass is 226 g/mol. The van der Waals surface area contributed by atoms with Gasteiger partial charge in [-0.25, -0.2) is 8.78 Å². The molecule has 0 saturated heterocycles. The van der Waals surface area contributed by atoms with Crippen LogP contribution < -0.4 is 11.1 Å². The summed E-state index contributed by atoms with van der Waals surface area (Å²) in [6.07, 6.45) is 1.72. The number of benzene rings is 1. The van der Waals surface area contributed by atoms with Crippen molar-refractivity contribution in [3.05, 3.63) is 29.3 Å². The molecule has 0 aliphatic heterocycles. The first-order chi connectivity index (χ1) is 7.41. The molecule has 1 fully saturated rings. The lowest BCUT2D eigenvalue weighted by molar-refractivity contribution is 0.0931. The highest BCUT2D eigenvalue weighted by Gasteiger charge is 2.39. The largest absolute Gasteiger partial charge is 0.396 e. The third-order valence-electron chi connectivity index (χ3n) is 2.75. The summed E-state index contributed by atoms with van der Waals surface area (Å²) < 4.78 is 26.5. The summed E-state index contributed by atoms with van der Waals surface area (Å²) in [6, 6.07) is 1.64. The predicted octanol–water partition coefficient (Wildman–Crippen LogP) is 1.83. The molecule has 86 valence electrons. The minimum atomic E-state index is -0.805. The van der Waals surface area contributed by atoms with Crippen molar-refractivity contribution < 1.29 is 13.6 Å². The SMILES string of the molecule is CC1(NC(=O)c2cc(F)c(N)cc2F)CC1. The molecule has 0 bridgehead atoms. The molecule has 0 spiro atoms. The fourth-order valence-corrected chi connectivity index (χ4v) is 1.39. The molecule has 5 heteroatoms. The van der Waals surface area contributed by atoms with Crippen molar-refractivity contribution in [3.8, 4) is 0 Å². The van der Waals surface area contributed by atoms with Crippen LogP contribution in [0.4, 0.5) is 14.5 Å².